The molecule has 1 aromatic heterocycles. The van der Waals surface area contributed by atoms with E-state index in [1.165, 1.54) is 11.9 Å². The van der Waals surface area contributed by atoms with Gasteiger partial charge in [-0.25, -0.2) is 0 Å². The first-order valence-corrected chi connectivity index (χ1v) is 8.06. The molecule has 2 N–H and O–H groups in total. The van der Waals surface area contributed by atoms with E-state index in [2.05, 4.69) is 15.4 Å². The number of aromatic amines is 1. The molecule has 0 fully saturated rings. The van der Waals surface area contributed by atoms with E-state index in [-0.39, 0.29) is 24.8 Å². The van der Waals surface area contributed by atoms with Crippen LogP contribution in [-0.4, -0.2) is 75.3 Å². The van der Waals surface area contributed by atoms with Crippen LogP contribution in [0.5, 0.6) is 0 Å². The van der Waals surface area contributed by atoms with Gasteiger partial charge in [-0.15, -0.1) is 0 Å². The van der Waals surface area contributed by atoms with Crippen molar-refractivity contribution in [3.63, 3.8) is 0 Å². The van der Waals surface area contributed by atoms with Gasteiger partial charge in [0.15, 0.2) is 0 Å². The minimum absolute atomic E-state index is 0.165. The maximum atomic E-state index is 12.5. The Hall–Kier alpha value is -3.23. The quantitative estimate of drug-likeness (QED) is 0.722. The van der Waals surface area contributed by atoms with Crippen LogP contribution in [0.4, 0.5) is 0 Å². The largest absolute Gasteiger partial charge is 0.480 e. The van der Waals surface area contributed by atoms with Crippen LogP contribution in [-0.2, 0) is 9.59 Å². The van der Waals surface area contributed by atoms with Crippen molar-refractivity contribution >= 4 is 17.8 Å². The molecule has 0 bridgehead atoms. The predicted molar refractivity (Wildman–Crippen MR) is 93.3 cm³/mol. The van der Waals surface area contributed by atoms with Crippen LogP contribution >= 0.6 is 0 Å². The zero-order valence-electron chi connectivity index (χ0n) is 14.7. The number of carboxylic acid groups (broad SMARTS) is 1. The Morgan fingerprint density at radius 3 is 2.62 bits per heavy atom. The Balaban J connectivity index is 1.89. The summed E-state index contributed by atoms with van der Waals surface area (Å²) in [6, 6.07) is 7.07. The summed E-state index contributed by atoms with van der Waals surface area (Å²) in [6.07, 6.45) is 2.21. The number of aromatic nitrogens is 3. The van der Waals surface area contributed by atoms with Crippen LogP contribution in [0.15, 0.2) is 30.5 Å². The minimum Gasteiger partial charge on any atom is -0.480 e. The molecule has 2 rings (SSSR count). The SMILES string of the molecule is CN(CC(=O)O)C(=O)CCCN(C)C(=O)c1cccc(-c2cn[nH]n2)c1. The molecule has 0 unspecified atom stereocenters. The smallest absolute Gasteiger partial charge is 0.323 e. The number of carbonyl (C=O) groups excluding carboxylic acids is 2. The van der Waals surface area contributed by atoms with Crippen molar-refractivity contribution in [3.05, 3.63) is 36.0 Å². The fourth-order valence-electron chi connectivity index (χ4n) is 2.42. The molecule has 0 saturated carbocycles. The second-order valence-electron chi connectivity index (χ2n) is 5.91. The highest BCUT2D eigenvalue weighted by Crippen LogP contribution is 2.17. The number of amides is 2. The molecule has 1 heterocycles. The summed E-state index contributed by atoms with van der Waals surface area (Å²) in [5.41, 5.74) is 1.94. The summed E-state index contributed by atoms with van der Waals surface area (Å²) in [4.78, 5) is 37.6. The molecule has 0 radical (unpaired) electrons. The van der Waals surface area contributed by atoms with Crippen LogP contribution in [0.2, 0.25) is 0 Å². The average Bonchev–Trinajstić information content (AvgIpc) is 3.15. The number of hydrogen-bond acceptors (Lipinski definition) is 5. The number of rotatable bonds is 8. The van der Waals surface area contributed by atoms with E-state index >= 15 is 0 Å². The number of aliphatic carboxylic acids is 1. The number of likely N-dealkylation sites (N-methyl/N-ethyl adjacent to an activating group) is 1. The summed E-state index contributed by atoms with van der Waals surface area (Å²) >= 11 is 0. The van der Waals surface area contributed by atoms with Crippen molar-refractivity contribution in [2.45, 2.75) is 12.8 Å². The second kappa shape index (κ2) is 8.75. The molecule has 0 aliphatic heterocycles. The van der Waals surface area contributed by atoms with Crippen molar-refractivity contribution in [2.75, 3.05) is 27.2 Å². The van der Waals surface area contributed by atoms with Crippen LogP contribution in [0.3, 0.4) is 0 Å². The van der Waals surface area contributed by atoms with E-state index in [9.17, 15) is 14.4 Å². The summed E-state index contributed by atoms with van der Waals surface area (Å²) < 4.78 is 0. The summed E-state index contributed by atoms with van der Waals surface area (Å²) in [6.45, 7) is 0.0577. The number of nitrogens with one attached hydrogen (secondary N) is 1. The van der Waals surface area contributed by atoms with E-state index in [1.54, 1.807) is 31.4 Å². The van der Waals surface area contributed by atoms with E-state index < -0.39 is 5.97 Å². The number of carboxylic acids is 1. The van der Waals surface area contributed by atoms with E-state index in [0.717, 1.165) is 10.5 Å². The second-order valence-corrected chi connectivity index (χ2v) is 5.91. The van der Waals surface area contributed by atoms with Gasteiger partial charge < -0.3 is 14.9 Å². The van der Waals surface area contributed by atoms with Crippen LogP contribution < -0.4 is 0 Å². The first-order valence-electron chi connectivity index (χ1n) is 8.06. The monoisotopic (exact) mass is 359 g/mol. The van der Waals surface area contributed by atoms with Crippen LogP contribution in [0.25, 0.3) is 11.3 Å². The summed E-state index contributed by atoms with van der Waals surface area (Å²) in [5.74, 6) is -1.48. The first-order chi connectivity index (χ1) is 12.4. The molecule has 138 valence electrons. The molecule has 2 amide bonds. The number of benzene rings is 1. The lowest BCUT2D eigenvalue weighted by Gasteiger charge is -2.19. The van der Waals surface area contributed by atoms with Crippen molar-refractivity contribution < 1.29 is 19.5 Å². The molecule has 2 aromatic rings. The van der Waals surface area contributed by atoms with Crippen molar-refractivity contribution in [2.24, 2.45) is 0 Å². The van der Waals surface area contributed by atoms with E-state index in [4.69, 9.17) is 5.11 Å². The number of carbonyl (C=O) groups is 3. The molecule has 0 saturated heterocycles. The highest BCUT2D eigenvalue weighted by Gasteiger charge is 2.15. The fraction of sp³-hybridized carbons (Fsp3) is 0.353. The van der Waals surface area contributed by atoms with E-state index in [0.29, 0.717) is 24.2 Å². The van der Waals surface area contributed by atoms with Gasteiger partial charge in [0.05, 0.1) is 6.20 Å². The van der Waals surface area contributed by atoms with Gasteiger partial charge in [0.25, 0.3) is 5.91 Å². The Labute approximate surface area is 150 Å². The highest BCUT2D eigenvalue weighted by atomic mass is 16.4. The Bertz CT molecular complexity index is 775. The predicted octanol–water partition coefficient (Wildman–Crippen LogP) is 0.867. The third-order valence-electron chi connectivity index (χ3n) is 3.85. The normalized spacial score (nSPS) is 10.4. The minimum atomic E-state index is -1.06. The molecular formula is C17H21N5O4. The van der Waals surface area contributed by atoms with Gasteiger partial charge >= 0.3 is 5.97 Å². The van der Waals surface area contributed by atoms with E-state index in [1.807, 2.05) is 6.07 Å². The molecule has 9 heteroatoms. The highest BCUT2D eigenvalue weighted by molar-refractivity contribution is 5.95. The number of hydrogen-bond donors (Lipinski definition) is 2. The molecule has 1 aromatic carbocycles. The van der Waals surface area contributed by atoms with Gasteiger partial charge in [-0.3, -0.25) is 14.4 Å². The maximum absolute atomic E-state index is 12.5. The van der Waals surface area contributed by atoms with Gasteiger partial charge in [0.2, 0.25) is 5.91 Å². The molecule has 0 atom stereocenters. The standard InChI is InChI=1S/C17H21N5O4/c1-21(8-4-7-15(23)22(2)11-16(24)25)17(26)13-6-3-5-12(9-13)14-10-18-20-19-14/h3,5-6,9-10H,4,7-8,11H2,1-2H3,(H,24,25)(H,18,19,20). The first kappa shape index (κ1) is 19.1. The Morgan fingerprint density at radius 2 is 1.96 bits per heavy atom. The molecule has 0 aliphatic carbocycles. The van der Waals surface area contributed by atoms with Crippen LogP contribution in [0.1, 0.15) is 23.2 Å². The van der Waals surface area contributed by atoms with Crippen LogP contribution in [0, 0.1) is 0 Å². The molecular weight excluding hydrogens is 338 g/mol. The van der Waals surface area contributed by atoms with Gasteiger partial charge in [0.1, 0.15) is 12.2 Å². The lowest BCUT2D eigenvalue weighted by Crippen LogP contribution is -2.33. The topological polar surface area (TPSA) is 119 Å². The lowest BCUT2D eigenvalue weighted by molar-refractivity contribution is -0.143. The molecule has 26 heavy (non-hydrogen) atoms. The molecule has 0 aliphatic rings. The van der Waals surface area contributed by atoms with Crippen molar-refractivity contribution in [1.29, 1.82) is 0 Å². The third kappa shape index (κ3) is 5.13. The van der Waals surface area contributed by atoms with Crippen molar-refractivity contribution in [3.8, 4) is 11.3 Å². The van der Waals surface area contributed by atoms with Crippen molar-refractivity contribution in [1.82, 2.24) is 25.2 Å². The molecule has 0 spiro atoms. The Morgan fingerprint density at radius 1 is 1.19 bits per heavy atom. The average molecular weight is 359 g/mol. The Kier molecular flexibility index (Phi) is 6.42. The van der Waals surface area contributed by atoms with Gasteiger partial charge in [-0.05, 0) is 18.6 Å². The number of nitrogens with zero attached hydrogens (tertiary/aromatic N) is 4. The lowest BCUT2D eigenvalue weighted by atomic mass is 10.1. The summed E-state index contributed by atoms with van der Waals surface area (Å²) in [7, 11) is 3.11. The number of H-pyrrole nitrogens is 1. The van der Waals surface area contributed by atoms with Gasteiger partial charge in [-0.1, -0.05) is 12.1 Å². The molecule has 9 nitrogen and oxygen atoms in total. The summed E-state index contributed by atoms with van der Waals surface area (Å²) in [5, 5.41) is 19.0. The zero-order valence-corrected chi connectivity index (χ0v) is 14.7. The van der Waals surface area contributed by atoms with Gasteiger partial charge in [-0.2, -0.15) is 15.4 Å². The third-order valence-corrected chi connectivity index (χ3v) is 3.85. The zero-order chi connectivity index (χ0) is 19.1. The van der Waals surface area contributed by atoms with Gasteiger partial charge in [0, 0.05) is 38.2 Å². The maximum Gasteiger partial charge on any atom is 0.323 e. The fourth-order valence-corrected chi connectivity index (χ4v) is 2.42.